The number of carbonyl (C=O) groups excluding carboxylic acids is 1. The SMILES string of the molecule is CC(C)=O.[K+].[OH-]. The molecule has 0 aromatic rings. The maximum atomic E-state index is 9.44. The fraction of sp³-hybridized carbons (Fsp3) is 0.667. The summed E-state index contributed by atoms with van der Waals surface area (Å²) < 4.78 is 0. The van der Waals surface area contributed by atoms with Gasteiger partial charge in [-0.25, -0.2) is 0 Å². The minimum atomic E-state index is 0. The molecule has 0 fully saturated rings. The van der Waals surface area contributed by atoms with Gasteiger partial charge in [-0.15, -0.1) is 0 Å². The zero-order valence-corrected chi connectivity index (χ0v) is 7.48. The third-order valence-corrected chi connectivity index (χ3v) is 0. The largest absolute Gasteiger partial charge is 1.00 e. The number of carbonyl (C=O) groups is 1. The molecule has 0 aromatic carbocycles. The van der Waals surface area contributed by atoms with Crippen LogP contribution in [-0.4, -0.2) is 11.3 Å². The van der Waals surface area contributed by atoms with Gasteiger partial charge in [0, 0.05) is 0 Å². The number of ketones is 1. The van der Waals surface area contributed by atoms with Crippen LogP contribution in [0.1, 0.15) is 13.8 Å². The van der Waals surface area contributed by atoms with Crippen LogP contribution in [0.2, 0.25) is 0 Å². The Morgan fingerprint density at radius 2 is 1.33 bits per heavy atom. The summed E-state index contributed by atoms with van der Waals surface area (Å²) in [4.78, 5) is 9.44. The quantitative estimate of drug-likeness (QED) is 0.325. The predicted octanol–water partition coefficient (Wildman–Crippen LogP) is -2.58. The Morgan fingerprint density at radius 3 is 1.33 bits per heavy atom. The summed E-state index contributed by atoms with van der Waals surface area (Å²) in [5.41, 5.74) is 0. The molecule has 0 atom stereocenters. The summed E-state index contributed by atoms with van der Waals surface area (Å²) in [6, 6.07) is 0. The smallest absolute Gasteiger partial charge is 0.870 e. The predicted molar refractivity (Wildman–Crippen MR) is 18.3 cm³/mol. The van der Waals surface area contributed by atoms with E-state index in [9.17, 15) is 4.79 Å². The van der Waals surface area contributed by atoms with Crippen LogP contribution in [-0.2, 0) is 4.79 Å². The van der Waals surface area contributed by atoms with E-state index in [1.165, 1.54) is 13.8 Å². The van der Waals surface area contributed by atoms with Crippen molar-refractivity contribution in [3.63, 3.8) is 0 Å². The van der Waals surface area contributed by atoms with Crippen LogP contribution in [0.4, 0.5) is 0 Å². The van der Waals surface area contributed by atoms with Crippen LogP contribution in [0.15, 0.2) is 0 Å². The van der Waals surface area contributed by atoms with Gasteiger partial charge in [-0.2, -0.15) is 0 Å². The average Bonchev–Trinajstić information content (AvgIpc) is 0.811. The van der Waals surface area contributed by atoms with Gasteiger partial charge < -0.3 is 10.3 Å². The Labute approximate surface area is 80.0 Å². The summed E-state index contributed by atoms with van der Waals surface area (Å²) in [5.74, 6) is 0.167. The van der Waals surface area contributed by atoms with Gasteiger partial charge in [-0.3, -0.25) is 0 Å². The van der Waals surface area contributed by atoms with Gasteiger partial charge in [0.1, 0.15) is 5.78 Å². The van der Waals surface area contributed by atoms with E-state index < -0.39 is 0 Å². The maximum absolute atomic E-state index is 9.44. The molecule has 32 valence electrons. The Balaban J connectivity index is -0.0000000450. The van der Waals surface area contributed by atoms with Crippen molar-refractivity contribution in [2.45, 2.75) is 13.8 Å². The van der Waals surface area contributed by atoms with E-state index in [-0.39, 0.29) is 62.6 Å². The maximum Gasteiger partial charge on any atom is 1.00 e. The molecule has 0 saturated heterocycles. The van der Waals surface area contributed by atoms with Crippen LogP contribution in [0.5, 0.6) is 0 Å². The van der Waals surface area contributed by atoms with Crippen molar-refractivity contribution in [3.05, 3.63) is 0 Å². The van der Waals surface area contributed by atoms with Crippen molar-refractivity contribution in [1.29, 1.82) is 0 Å². The fourth-order valence-corrected chi connectivity index (χ4v) is 0. The Bertz CT molecular complexity index is 31.8. The van der Waals surface area contributed by atoms with Crippen LogP contribution < -0.4 is 51.4 Å². The summed E-state index contributed by atoms with van der Waals surface area (Å²) >= 11 is 0. The minimum absolute atomic E-state index is 0. The average molecular weight is 114 g/mol. The Hall–Kier alpha value is 1.27. The second-order valence-electron chi connectivity index (χ2n) is 0.908. The molecule has 0 heterocycles. The summed E-state index contributed by atoms with van der Waals surface area (Å²) in [6.45, 7) is 3.06. The normalized spacial score (nSPS) is 4.33. The van der Waals surface area contributed by atoms with Crippen LogP contribution in [0.3, 0.4) is 0 Å². The zero-order valence-electron chi connectivity index (χ0n) is 4.36. The molecule has 0 rings (SSSR count). The molecular weight excluding hydrogens is 107 g/mol. The monoisotopic (exact) mass is 114 g/mol. The molecule has 0 aliphatic rings. The third kappa shape index (κ3) is 59.8. The molecule has 0 radical (unpaired) electrons. The van der Waals surface area contributed by atoms with Crippen molar-refractivity contribution >= 4 is 5.78 Å². The van der Waals surface area contributed by atoms with E-state index in [4.69, 9.17) is 0 Å². The van der Waals surface area contributed by atoms with Crippen molar-refractivity contribution < 1.29 is 61.7 Å². The Kier molecular flexibility index (Phi) is 24.9. The first-order valence-electron chi connectivity index (χ1n) is 1.20. The topological polar surface area (TPSA) is 47.1 Å². The van der Waals surface area contributed by atoms with Gasteiger partial charge in [0.15, 0.2) is 0 Å². The number of Topliss-reactive ketones (excluding diaryl/α,β-unsaturated/α-hetero) is 1. The summed E-state index contributed by atoms with van der Waals surface area (Å²) in [6.07, 6.45) is 0. The summed E-state index contributed by atoms with van der Waals surface area (Å²) in [5, 5.41) is 0. The first-order chi connectivity index (χ1) is 1.73. The van der Waals surface area contributed by atoms with Crippen molar-refractivity contribution in [3.8, 4) is 0 Å². The Morgan fingerprint density at radius 1 is 1.33 bits per heavy atom. The molecule has 1 N–H and O–H groups in total. The van der Waals surface area contributed by atoms with Crippen molar-refractivity contribution in [1.82, 2.24) is 0 Å². The van der Waals surface area contributed by atoms with Crippen LogP contribution >= 0.6 is 0 Å². The van der Waals surface area contributed by atoms with Gasteiger partial charge >= 0.3 is 51.4 Å². The third-order valence-electron chi connectivity index (χ3n) is 0. The summed E-state index contributed by atoms with van der Waals surface area (Å²) in [7, 11) is 0. The van der Waals surface area contributed by atoms with E-state index >= 15 is 0 Å². The molecule has 0 spiro atoms. The molecule has 0 saturated carbocycles. The van der Waals surface area contributed by atoms with E-state index in [1.807, 2.05) is 0 Å². The van der Waals surface area contributed by atoms with E-state index in [2.05, 4.69) is 0 Å². The second-order valence-corrected chi connectivity index (χ2v) is 0.908. The molecular formula is C3H7KO2. The molecule has 2 nitrogen and oxygen atoms in total. The molecule has 0 aliphatic carbocycles. The van der Waals surface area contributed by atoms with Gasteiger partial charge in [0.25, 0.3) is 0 Å². The first-order valence-corrected chi connectivity index (χ1v) is 1.20. The standard InChI is InChI=1S/C3H6O.K.H2O/c1-3(2)4;;/h1-2H3;;1H2/q;+1;/p-1. The van der Waals surface area contributed by atoms with E-state index in [1.54, 1.807) is 0 Å². The van der Waals surface area contributed by atoms with Crippen LogP contribution in [0, 0.1) is 0 Å². The molecule has 3 heteroatoms. The molecule has 0 unspecified atom stereocenters. The van der Waals surface area contributed by atoms with E-state index in [0.717, 1.165) is 0 Å². The minimum Gasteiger partial charge on any atom is -0.870 e. The van der Waals surface area contributed by atoms with Gasteiger partial charge in [-0.1, -0.05) is 0 Å². The van der Waals surface area contributed by atoms with Gasteiger partial charge in [0.05, 0.1) is 0 Å². The number of rotatable bonds is 0. The van der Waals surface area contributed by atoms with Crippen molar-refractivity contribution in [2.75, 3.05) is 0 Å². The van der Waals surface area contributed by atoms with Crippen LogP contribution in [0.25, 0.3) is 0 Å². The van der Waals surface area contributed by atoms with E-state index in [0.29, 0.717) is 0 Å². The molecule has 6 heavy (non-hydrogen) atoms. The van der Waals surface area contributed by atoms with Gasteiger partial charge in [-0.05, 0) is 13.8 Å². The first kappa shape index (κ1) is 15.7. The zero-order chi connectivity index (χ0) is 3.58. The van der Waals surface area contributed by atoms with Crippen molar-refractivity contribution in [2.24, 2.45) is 0 Å². The molecule has 0 aromatic heterocycles. The number of hydrogen-bond acceptors (Lipinski definition) is 2. The second kappa shape index (κ2) is 9.55. The molecule has 0 aliphatic heterocycles. The fourth-order valence-electron chi connectivity index (χ4n) is 0. The molecule has 0 bridgehead atoms. The number of hydrogen-bond donors (Lipinski definition) is 0. The van der Waals surface area contributed by atoms with Gasteiger partial charge in [0.2, 0.25) is 0 Å². The molecule has 0 amide bonds.